The molecule has 0 atom stereocenters. The summed E-state index contributed by atoms with van der Waals surface area (Å²) in [6.45, 7) is -4.36. The van der Waals surface area contributed by atoms with Crippen LogP contribution in [0.4, 0.5) is 0 Å². The van der Waals surface area contributed by atoms with Crippen molar-refractivity contribution in [1.29, 1.82) is 0 Å². The van der Waals surface area contributed by atoms with Gasteiger partial charge < -0.3 is 18.8 Å². The van der Waals surface area contributed by atoms with Gasteiger partial charge in [0, 0.05) is 54.2 Å². The fourth-order valence-electron chi connectivity index (χ4n) is 5.64. The molecule has 0 spiro atoms. The molecule has 0 fully saturated rings. The summed E-state index contributed by atoms with van der Waals surface area (Å²) in [5.74, 6) is 0. The van der Waals surface area contributed by atoms with Crippen LogP contribution in [0.5, 0.6) is 0 Å². The Morgan fingerprint density at radius 3 is 2.31 bits per heavy atom. The molecule has 4 heterocycles. The summed E-state index contributed by atoms with van der Waals surface area (Å²) in [6, 6.07) is 42.0. The maximum atomic E-state index is 8.62. The number of rotatable bonds is 4. The van der Waals surface area contributed by atoms with Crippen molar-refractivity contribution in [3.05, 3.63) is 168 Å². The molecule has 0 aliphatic rings. The predicted molar refractivity (Wildman–Crippen MR) is 190 cm³/mol. The summed E-state index contributed by atoms with van der Waals surface area (Å²) in [4.78, 5) is 8.71. The Labute approximate surface area is 303 Å². The molecule has 9 rings (SSSR count). The van der Waals surface area contributed by atoms with Gasteiger partial charge in [0.05, 0.1) is 11.2 Å². The Morgan fingerprint density at radius 2 is 1.46 bits per heavy atom. The fraction of sp³-hybridized carbons (Fsp3) is 0.0698. The third-order valence-electron chi connectivity index (χ3n) is 7.86. The largest absolute Gasteiger partial charge is 0.501 e. The van der Waals surface area contributed by atoms with Gasteiger partial charge in [-0.15, -0.1) is 42.0 Å². The number of fused-ring (bicyclic) bond motifs is 6. The Bertz CT molecular complexity index is 2830. The quantitative estimate of drug-likeness (QED) is 0.166. The second-order valence-electron chi connectivity index (χ2n) is 11.0. The van der Waals surface area contributed by atoms with Gasteiger partial charge in [-0.2, -0.15) is 0 Å². The van der Waals surface area contributed by atoms with Gasteiger partial charge >= 0.3 is 0 Å². The molecule has 0 amide bonds. The molecular weight excluding hydrogens is 769 g/mol. The van der Waals surface area contributed by atoms with E-state index in [-0.39, 0.29) is 31.2 Å². The van der Waals surface area contributed by atoms with Crippen molar-refractivity contribution in [2.24, 2.45) is 0 Å². The molecule has 0 bridgehead atoms. The van der Waals surface area contributed by atoms with Gasteiger partial charge in [0.2, 0.25) is 0 Å². The van der Waals surface area contributed by atoms with Crippen LogP contribution in [0.3, 0.4) is 0 Å². The number of furan rings is 2. The average molecular weight is 807 g/mol. The van der Waals surface area contributed by atoms with E-state index in [9.17, 15) is 0 Å². The van der Waals surface area contributed by atoms with Crippen LogP contribution in [0.25, 0.3) is 66.4 Å². The summed E-state index contributed by atoms with van der Waals surface area (Å²) in [7, 11) is 0. The molecule has 4 aromatic heterocycles. The van der Waals surface area contributed by atoms with Gasteiger partial charge in [-0.3, -0.25) is 0 Å². The van der Waals surface area contributed by atoms with Crippen LogP contribution in [-0.4, -0.2) is 9.97 Å². The molecule has 235 valence electrons. The standard InChI is InChI=1S/C25H18NO.C18H12NO.Ir/c1-17-7-9-24-21(13-17)22-16-20(8-10-25(22)27-24)23-15-19(11-12-26-23)14-18-5-3-2-4-6-18;1-12-9-10-16(19-11-12)15-7-4-6-14-13-5-2-3-8-17(13)20-18(14)15;/h2-7,9-13,15-16H,14H2,1H3;2-6,8-11H,1H3;/q2*-1;/i1D3,14D2;1D3;. The van der Waals surface area contributed by atoms with Gasteiger partial charge in [0.1, 0.15) is 11.2 Å². The van der Waals surface area contributed by atoms with Crippen LogP contribution in [0.15, 0.2) is 143 Å². The topological polar surface area (TPSA) is 52.1 Å². The summed E-state index contributed by atoms with van der Waals surface area (Å²) in [6.07, 6.45) is 1.29. The molecule has 1 radical (unpaired) electrons. The van der Waals surface area contributed by atoms with E-state index in [1.165, 1.54) is 6.20 Å². The molecule has 0 N–H and O–H groups in total. The average Bonchev–Trinajstić information content (AvgIpc) is 3.76. The molecule has 0 saturated heterocycles. The van der Waals surface area contributed by atoms with E-state index >= 15 is 0 Å². The van der Waals surface area contributed by atoms with E-state index in [0.717, 1.165) is 27.3 Å². The number of pyridine rings is 2. The maximum absolute atomic E-state index is 8.62. The first-order valence-electron chi connectivity index (χ1n) is 19.0. The maximum Gasteiger partial charge on any atom is 0.120 e. The summed E-state index contributed by atoms with van der Waals surface area (Å²) in [5.41, 5.74) is 6.86. The van der Waals surface area contributed by atoms with Crippen LogP contribution < -0.4 is 0 Å². The number of benzene rings is 5. The van der Waals surface area contributed by atoms with Crippen molar-refractivity contribution in [1.82, 2.24) is 9.97 Å². The SMILES string of the molecule is [2H]C([2H])([2H])c1ccc(-c2[c-]ccc3c2oc2ccccc23)nc1.[2H]C([2H])([2H])c1ccc2oc3c[c-]c(-c4cc(C([2H])([2H])c5ccccc5)ccn4)cc3c2c1.[Ir]. The van der Waals surface area contributed by atoms with Gasteiger partial charge in [0.15, 0.2) is 0 Å². The molecular formula is C43H30IrN2O2-2. The van der Waals surface area contributed by atoms with Crippen LogP contribution >= 0.6 is 0 Å². The minimum Gasteiger partial charge on any atom is -0.501 e. The zero-order valence-electron chi connectivity index (χ0n) is 33.2. The molecule has 0 aliphatic carbocycles. The summed E-state index contributed by atoms with van der Waals surface area (Å²) >= 11 is 0. The first-order chi connectivity index (χ1) is 26.3. The van der Waals surface area contributed by atoms with Crippen molar-refractivity contribution < 1.29 is 39.9 Å². The van der Waals surface area contributed by atoms with E-state index in [2.05, 4.69) is 22.1 Å². The van der Waals surface area contributed by atoms with E-state index in [1.54, 1.807) is 66.9 Å². The Kier molecular flexibility index (Phi) is 6.44. The Hall–Kier alpha value is -5.35. The predicted octanol–water partition coefficient (Wildman–Crippen LogP) is 11.1. The van der Waals surface area contributed by atoms with Crippen LogP contribution in [0.2, 0.25) is 0 Å². The minimum absolute atomic E-state index is 0. The van der Waals surface area contributed by atoms with Crippen LogP contribution in [-0.2, 0) is 26.5 Å². The third-order valence-corrected chi connectivity index (χ3v) is 7.86. The molecule has 0 aliphatic heterocycles. The number of para-hydroxylation sites is 1. The zero-order valence-corrected chi connectivity index (χ0v) is 27.6. The second-order valence-corrected chi connectivity index (χ2v) is 11.0. The van der Waals surface area contributed by atoms with Crippen molar-refractivity contribution >= 4 is 43.9 Å². The first kappa shape index (κ1) is 23.1. The molecule has 9 aromatic rings. The second kappa shape index (κ2) is 13.4. The third kappa shape index (κ3) is 6.18. The van der Waals surface area contributed by atoms with Crippen molar-refractivity contribution in [2.45, 2.75) is 20.1 Å². The van der Waals surface area contributed by atoms with E-state index in [4.69, 9.17) is 19.8 Å². The van der Waals surface area contributed by atoms with Crippen LogP contribution in [0, 0.1) is 25.8 Å². The molecule has 0 unspecified atom stereocenters. The van der Waals surface area contributed by atoms with Gasteiger partial charge in [-0.1, -0.05) is 94.7 Å². The van der Waals surface area contributed by atoms with E-state index in [0.29, 0.717) is 50.2 Å². The fourth-order valence-corrected chi connectivity index (χ4v) is 5.64. The number of hydrogen-bond acceptors (Lipinski definition) is 4. The molecule has 5 heteroatoms. The minimum atomic E-state index is -2.21. The van der Waals surface area contributed by atoms with Crippen molar-refractivity contribution in [3.8, 4) is 22.5 Å². The molecule has 5 aromatic carbocycles. The summed E-state index contributed by atoms with van der Waals surface area (Å²) in [5, 5.41) is 3.51. The number of aryl methyl sites for hydroxylation is 2. The number of nitrogens with zero attached hydrogens (tertiary/aromatic N) is 2. The first-order valence-corrected chi connectivity index (χ1v) is 15.0. The normalized spacial score (nSPS) is 14.3. The van der Waals surface area contributed by atoms with E-state index in [1.807, 2.05) is 60.7 Å². The van der Waals surface area contributed by atoms with Gasteiger partial charge in [-0.25, -0.2) is 0 Å². The van der Waals surface area contributed by atoms with Crippen molar-refractivity contribution in [3.63, 3.8) is 0 Å². The molecule has 4 nitrogen and oxygen atoms in total. The molecule has 48 heavy (non-hydrogen) atoms. The smallest absolute Gasteiger partial charge is 0.120 e. The number of hydrogen-bond donors (Lipinski definition) is 0. The number of aromatic nitrogens is 2. The molecule has 0 saturated carbocycles. The Morgan fingerprint density at radius 1 is 0.646 bits per heavy atom. The summed E-state index contributed by atoms with van der Waals surface area (Å²) < 4.78 is 74.4. The Balaban J connectivity index is 0.000000177. The van der Waals surface area contributed by atoms with Crippen molar-refractivity contribution in [2.75, 3.05) is 0 Å². The zero-order chi connectivity index (χ0) is 38.5. The van der Waals surface area contributed by atoms with Gasteiger partial charge in [0.25, 0.3) is 0 Å². The van der Waals surface area contributed by atoms with E-state index < -0.39 is 20.1 Å². The van der Waals surface area contributed by atoms with Crippen LogP contribution in [0.1, 0.15) is 33.2 Å². The van der Waals surface area contributed by atoms with Gasteiger partial charge in [-0.05, 0) is 72.4 Å². The monoisotopic (exact) mass is 807 g/mol.